The Labute approximate surface area is 255 Å². The van der Waals surface area contributed by atoms with E-state index in [2.05, 4.69) is 42.5 Å². The molecule has 3 N–H and O–H groups in total. The van der Waals surface area contributed by atoms with Gasteiger partial charge in [0.1, 0.15) is 17.3 Å². The van der Waals surface area contributed by atoms with Crippen LogP contribution in [0.5, 0.6) is 0 Å². The van der Waals surface area contributed by atoms with Gasteiger partial charge in [-0.05, 0) is 89.4 Å². The fourth-order valence-corrected chi connectivity index (χ4v) is 8.88. The maximum absolute atomic E-state index is 15.4. The van der Waals surface area contributed by atoms with Crippen LogP contribution < -0.4 is 16.2 Å². The van der Waals surface area contributed by atoms with E-state index in [0.717, 1.165) is 56.6 Å². The van der Waals surface area contributed by atoms with Crippen molar-refractivity contribution in [2.75, 3.05) is 25.5 Å². The van der Waals surface area contributed by atoms with Crippen molar-refractivity contribution in [1.82, 2.24) is 19.8 Å². The molecule has 2 aliphatic heterocycles. The number of pyridine rings is 2. The predicted molar refractivity (Wildman–Crippen MR) is 170 cm³/mol. The second kappa shape index (κ2) is 10.7. The number of halogens is 1. The number of aromatic nitrogens is 2. The minimum atomic E-state index is -0.369. The molecule has 0 spiro atoms. The van der Waals surface area contributed by atoms with Crippen molar-refractivity contribution in [1.29, 1.82) is 0 Å². The molecule has 7 rings (SSSR count). The molecular weight excluding hydrogens is 561 g/mol. The molecule has 1 aliphatic carbocycles. The molecule has 3 aliphatic rings. The highest BCUT2D eigenvalue weighted by Crippen LogP contribution is 2.48. The van der Waals surface area contributed by atoms with E-state index >= 15 is 4.39 Å². The van der Waals surface area contributed by atoms with E-state index in [1.165, 1.54) is 37.1 Å². The molecule has 0 amide bonds. The zero-order valence-corrected chi connectivity index (χ0v) is 26.0. The van der Waals surface area contributed by atoms with E-state index in [-0.39, 0.29) is 29.4 Å². The van der Waals surface area contributed by atoms with Crippen LogP contribution >= 0.6 is 11.3 Å². The highest BCUT2D eigenvalue weighted by molar-refractivity contribution is 7.12. The molecule has 1 aromatic carbocycles. The summed E-state index contributed by atoms with van der Waals surface area (Å²) in [5.41, 5.74) is 8.19. The highest BCUT2D eigenvalue weighted by atomic mass is 32.1. The lowest BCUT2D eigenvalue weighted by atomic mass is 9.86. The van der Waals surface area contributed by atoms with E-state index in [0.29, 0.717) is 28.2 Å². The predicted octanol–water partition coefficient (Wildman–Crippen LogP) is 5.23. The number of aliphatic hydroxyl groups excluding tert-OH is 1. The molecule has 0 saturated heterocycles. The Morgan fingerprint density at radius 1 is 1.16 bits per heavy atom. The zero-order valence-electron chi connectivity index (χ0n) is 25.2. The normalized spacial score (nSPS) is 19.2. The van der Waals surface area contributed by atoms with Crippen molar-refractivity contribution >= 4 is 22.8 Å². The minimum absolute atomic E-state index is 0.192. The minimum Gasteiger partial charge on any atom is -0.392 e. The first-order chi connectivity index (χ1) is 20.6. The molecule has 5 heterocycles. The summed E-state index contributed by atoms with van der Waals surface area (Å²) in [6.07, 6.45) is 5.67. The Morgan fingerprint density at radius 3 is 2.81 bits per heavy atom. The number of aryl methyl sites for hydroxylation is 1. The monoisotopic (exact) mass is 599 g/mol. The average Bonchev–Trinajstić information content (AvgIpc) is 3.46. The Morgan fingerprint density at radius 2 is 2.00 bits per heavy atom. The number of rotatable bonds is 5. The topological polar surface area (TPSA) is 82.4 Å². The van der Waals surface area contributed by atoms with Gasteiger partial charge in [-0.1, -0.05) is 19.9 Å². The first-order valence-corrected chi connectivity index (χ1v) is 15.9. The van der Waals surface area contributed by atoms with Gasteiger partial charge in [-0.25, -0.2) is 9.37 Å². The van der Waals surface area contributed by atoms with Crippen LogP contribution in [0.25, 0.3) is 11.1 Å². The van der Waals surface area contributed by atoms with Crippen LogP contribution in [-0.4, -0.2) is 39.7 Å². The Bertz CT molecular complexity index is 1810. The maximum atomic E-state index is 15.4. The molecule has 7 nitrogen and oxygen atoms in total. The molecule has 0 radical (unpaired) electrons. The van der Waals surface area contributed by atoms with Crippen molar-refractivity contribution < 1.29 is 9.50 Å². The van der Waals surface area contributed by atoms with Crippen LogP contribution in [0.3, 0.4) is 0 Å². The Kier molecular flexibility index (Phi) is 7.04. The van der Waals surface area contributed by atoms with Gasteiger partial charge < -0.3 is 25.2 Å². The summed E-state index contributed by atoms with van der Waals surface area (Å²) < 4.78 is 16.9. The number of aliphatic hydroxyl groups is 1. The van der Waals surface area contributed by atoms with Gasteiger partial charge >= 0.3 is 0 Å². The first kappa shape index (κ1) is 28.4. The maximum Gasteiger partial charge on any atom is 0.274 e. The number of hydrogen-bond donors (Lipinski definition) is 3. The molecule has 43 heavy (non-hydrogen) atoms. The van der Waals surface area contributed by atoms with Crippen LogP contribution in [0.2, 0.25) is 0 Å². The van der Waals surface area contributed by atoms with E-state index in [9.17, 15) is 9.90 Å². The molecule has 0 fully saturated rings. The fourth-order valence-electron chi connectivity index (χ4n) is 7.15. The van der Waals surface area contributed by atoms with Gasteiger partial charge in [0.05, 0.1) is 12.6 Å². The van der Waals surface area contributed by atoms with Crippen LogP contribution in [0, 0.1) is 11.2 Å². The van der Waals surface area contributed by atoms with Crippen molar-refractivity contribution in [3.05, 3.63) is 96.0 Å². The molecule has 9 heteroatoms. The lowest BCUT2D eigenvalue weighted by molar-refractivity contribution is 0.280. The second-order valence-corrected chi connectivity index (χ2v) is 14.3. The van der Waals surface area contributed by atoms with Crippen LogP contribution in [0.4, 0.5) is 15.9 Å². The molecule has 0 bridgehead atoms. The number of nitrogens with one attached hydrogen (secondary N) is 2. The molecule has 3 aromatic heterocycles. The summed E-state index contributed by atoms with van der Waals surface area (Å²) in [6, 6.07) is 8.54. The van der Waals surface area contributed by atoms with E-state index < -0.39 is 0 Å². The molecule has 1 atom stereocenters. The number of anilines is 2. The van der Waals surface area contributed by atoms with E-state index in [1.807, 2.05) is 17.4 Å². The quantitative estimate of drug-likeness (QED) is 0.292. The zero-order chi connectivity index (χ0) is 30.0. The fraction of sp³-hybridized carbons (Fsp3) is 0.412. The Balaban J connectivity index is 1.28. The van der Waals surface area contributed by atoms with Crippen molar-refractivity contribution in [3.8, 4) is 11.1 Å². The molecule has 0 saturated carbocycles. The van der Waals surface area contributed by atoms with Gasteiger partial charge in [0, 0.05) is 60.3 Å². The number of fused-ring (bicyclic) bond motifs is 4. The summed E-state index contributed by atoms with van der Waals surface area (Å²) in [6.45, 7) is 7.00. The van der Waals surface area contributed by atoms with Gasteiger partial charge in [-0.15, -0.1) is 11.3 Å². The Hall–Kier alpha value is -3.37. The molecule has 224 valence electrons. The summed E-state index contributed by atoms with van der Waals surface area (Å²) >= 11 is 1.84. The van der Waals surface area contributed by atoms with E-state index in [4.69, 9.17) is 4.98 Å². The third kappa shape index (κ3) is 5.12. The summed E-state index contributed by atoms with van der Waals surface area (Å²) in [5, 5.41) is 17.6. The molecule has 4 aromatic rings. The number of hydrogen-bond acceptors (Lipinski definition) is 7. The highest BCUT2D eigenvalue weighted by Gasteiger charge is 2.37. The smallest absolute Gasteiger partial charge is 0.274 e. The number of thiophene rings is 1. The van der Waals surface area contributed by atoms with Gasteiger partial charge in [0.2, 0.25) is 0 Å². The lowest BCUT2D eigenvalue weighted by Gasteiger charge is -2.29. The van der Waals surface area contributed by atoms with Crippen molar-refractivity contribution in [2.24, 2.45) is 12.5 Å². The number of benzene rings is 1. The SMILES string of the molecule is CN1CCc2nc(Nc3cc(-c4cc(F)cc(C5NCCc6c5sc5c6CC(C)(C)C5)c4CO)cn(C)c3=O)ccc2C1. The third-order valence-corrected chi connectivity index (χ3v) is 10.6. The summed E-state index contributed by atoms with van der Waals surface area (Å²) in [5.74, 6) is 0.235. The number of likely N-dealkylation sites (N-methyl/N-ethyl adjacent to an activating group) is 1. The van der Waals surface area contributed by atoms with Crippen molar-refractivity contribution in [3.63, 3.8) is 0 Å². The van der Waals surface area contributed by atoms with Gasteiger partial charge in [-0.2, -0.15) is 0 Å². The second-order valence-electron chi connectivity index (χ2n) is 13.2. The summed E-state index contributed by atoms with van der Waals surface area (Å²) in [7, 11) is 3.79. The van der Waals surface area contributed by atoms with Crippen LogP contribution in [0.15, 0.2) is 41.3 Å². The van der Waals surface area contributed by atoms with Crippen LogP contribution in [-0.2, 0) is 45.9 Å². The molecule has 1 unspecified atom stereocenters. The molecular formula is C34H38FN5O2S. The van der Waals surface area contributed by atoms with Gasteiger partial charge in [0.15, 0.2) is 0 Å². The van der Waals surface area contributed by atoms with Crippen LogP contribution in [0.1, 0.15) is 63.2 Å². The standard InChI is InChI=1S/C34H38FN5O2S/c1-34(2)14-25-22-7-9-36-31(32(22)43-29(25)15-34)24-13-21(35)12-23(26(24)18-41)20-11-28(33(42)40(4)17-20)38-30-6-5-19-16-39(3)10-8-27(19)37-30/h5-6,11-13,17,31,36,41H,7-10,14-16,18H2,1-4H3,(H,37,38). The third-order valence-electron chi connectivity index (χ3n) is 9.23. The largest absolute Gasteiger partial charge is 0.392 e. The first-order valence-electron chi connectivity index (χ1n) is 15.1. The average molecular weight is 600 g/mol. The van der Waals surface area contributed by atoms with Gasteiger partial charge in [0.25, 0.3) is 5.56 Å². The van der Waals surface area contributed by atoms with Crippen molar-refractivity contribution in [2.45, 2.75) is 58.7 Å². The van der Waals surface area contributed by atoms with E-state index in [1.54, 1.807) is 25.4 Å². The van der Waals surface area contributed by atoms with Gasteiger partial charge in [-0.3, -0.25) is 4.79 Å². The summed E-state index contributed by atoms with van der Waals surface area (Å²) in [4.78, 5) is 23.0. The lowest BCUT2D eigenvalue weighted by Crippen LogP contribution is -2.31. The number of nitrogens with zero attached hydrogens (tertiary/aromatic N) is 3.